The molecule has 0 atom stereocenters. The number of nitrogens with zero attached hydrogens (tertiary/aromatic N) is 4. The van der Waals surface area contributed by atoms with Gasteiger partial charge in [-0.15, -0.1) is 0 Å². The zero-order valence-corrected chi connectivity index (χ0v) is 15.8. The zero-order valence-electron chi connectivity index (χ0n) is 15.0. The van der Waals surface area contributed by atoms with Crippen LogP contribution in [-0.4, -0.2) is 41.9 Å². The Balaban J connectivity index is 1.30. The van der Waals surface area contributed by atoms with Crippen molar-refractivity contribution in [2.24, 2.45) is 4.99 Å². The molecule has 4 rings (SSSR count). The van der Waals surface area contributed by atoms with E-state index in [4.69, 9.17) is 9.26 Å². The molecule has 0 aliphatic carbocycles. The minimum atomic E-state index is -3.60. The van der Waals surface area contributed by atoms with Gasteiger partial charge in [-0.25, -0.2) is 8.42 Å². The number of nitrogens with one attached hydrogen (secondary N) is 1. The summed E-state index contributed by atoms with van der Waals surface area (Å²) in [5.74, 6) is 0.194. The summed E-state index contributed by atoms with van der Waals surface area (Å²) in [6, 6.07) is 10.0. The molecule has 10 nitrogen and oxygen atoms in total. The summed E-state index contributed by atoms with van der Waals surface area (Å²) in [6.45, 7) is -0.103. The molecule has 1 aliphatic rings. The molecule has 11 heteroatoms. The normalized spacial score (nSPS) is 15.7. The fraction of sp³-hybridized carbons (Fsp3) is 0.167. The highest BCUT2D eigenvalue weighted by Gasteiger charge is 2.29. The lowest BCUT2D eigenvalue weighted by Gasteiger charge is -2.01. The molecule has 3 heterocycles. The first-order valence-corrected chi connectivity index (χ1v) is 10.1. The summed E-state index contributed by atoms with van der Waals surface area (Å²) in [5, 5.41) is 3.81. The quantitative estimate of drug-likeness (QED) is 0.597. The molecule has 0 unspecified atom stereocenters. The van der Waals surface area contributed by atoms with Crippen molar-refractivity contribution < 1.29 is 22.5 Å². The second-order valence-electron chi connectivity index (χ2n) is 6.00. The first-order chi connectivity index (χ1) is 14.0. The molecular weight excluding hydrogens is 398 g/mol. The van der Waals surface area contributed by atoms with Gasteiger partial charge in [-0.05, 0) is 24.3 Å². The minimum absolute atomic E-state index is 0.0308. The van der Waals surface area contributed by atoms with E-state index < -0.39 is 16.0 Å². The molecular formula is C18H15N5O5S. The highest BCUT2D eigenvalue weighted by Crippen LogP contribution is 2.22. The van der Waals surface area contributed by atoms with Crippen molar-refractivity contribution >= 4 is 21.8 Å². The third-order valence-corrected chi connectivity index (χ3v) is 5.39. The fourth-order valence-corrected chi connectivity index (χ4v) is 3.90. The number of amidine groups is 1. The lowest BCUT2D eigenvalue weighted by molar-refractivity contribution is -0.145. The minimum Gasteiger partial charge on any atom is -0.455 e. The van der Waals surface area contributed by atoms with Crippen LogP contribution >= 0.6 is 0 Å². The van der Waals surface area contributed by atoms with Crippen LogP contribution in [0.5, 0.6) is 0 Å². The molecule has 0 saturated heterocycles. The Kier molecular flexibility index (Phi) is 5.04. The highest BCUT2D eigenvalue weighted by molar-refractivity contribution is 7.90. The SMILES string of the molecule is O=C(CCN=C1NS(=O)(=O)c2ccccc21)OCc1nc(-c2cccnc2)no1. The van der Waals surface area contributed by atoms with Crippen molar-refractivity contribution in [1.82, 2.24) is 19.8 Å². The lowest BCUT2D eigenvalue weighted by atomic mass is 10.2. The van der Waals surface area contributed by atoms with Crippen LogP contribution in [0.4, 0.5) is 0 Å². The standard InChI is InChI=1S/C18H15N5O5S/c24-16(27-11-15-21-17(22-28-15)12-4-3-8-19-10-12)7-9-20-18-13-5-1-2-6-14(13)29(25,26)23-18/h1-6,8,10H,7,9,11H2,(H,20,23). The summed E-state index contributed by atoms with van der Waals surface area (Å²) in [6.07, 6.45) is 3.19. The van der Waals surface area contributed by atoms with Crippen molar-refractivity contribution in [1.29, 1.82) is 0 Å². The maximum Gasteiger partial charge on any atom is 0.308 e. The lowest BCUT2D eigenvalue weighted by Crippen LogP contribution is -2.22. The zero-order chi connectivity index (χ0) is 20.3. The van der Waals surface area contributed by atoms with Gasteiger partial charge >= 0.3 is 5.97 Å². The van der Waals surface area contributed by atoms with Gasteiger partial charge < -0.3 is 9.26 Å². The molecule has 2 aromatic heterocycles. The van der Waals surface area contributed by atoms with Gasteiger partial charge in [0.15, 0.2) is 6.61 Å². The Hall–Kier alpha value is -3.60. The van der Waals surface area contributed by atoms with Crippen LogP contribution < -0.4 is 4.72 Å². The van der Waals surface area contributed by atoms with Crippen molar-refractivity contribution in [2.75, 3.05) is 6.54 Å². The summed E-state index contributed by atoms with van der Waals surface area (Å²) in [5.41, 5.74) is 1.17. The first kappa shape index (κ1) is 18.7. The molecule has 0 amide bonds. The van der Waals surface area contributed by atoms with Crippen LogP contribution in [0.25, 0.3) is 11.4 Å². The summed E-state index contributed by atoms with van der Waals surface area (Å²) in [4.78, 5) is 24.4. The van der Waals surface area contributed by atoms with Gasteiger partial charge in [0.1, 0.15) is 5.84 Å². The van der Waals surface area contributed by atoms with Crippen LogP contribution in [-0.2, 0) is 26.2 Å². The smallest absolute Gasteiger partial charge is 0.308 e. The van der Waals surface area contributed by atoms with E-state index in [1.807, 2.05) is 0 Å². The monoisotopic (exact) mass is 413 g/mol. The number of aromatic nitrogens is 3. The fourth-order valence-electron chi connectivity index (χ4n) is 2.65. The molecule has 29 heavy (non-hydrogen) atoms. The number of sulfonamides is 1. The van der Waals surface area contributed by atoms with Gasteiger partial charge in [0.25, 0.3) is 15.9 Å². The average molecular weight is 413 g/mol. The number of rotatable bonds is 6. The third kappa shape index (κ3) is 4.14. The average Bonchev–Trinajstić information content (AvgIpc) is 3.30. The van der Waals surface area contributed by atoms with Crippen LogP contribution in [0.3, 0.4) is 0 Å². The maximum absolute atomic E-state index is 12.0. The number of carbonyl (C=O) groups excluding carboxylic acids is 1. The summed E-state index contributed by atoms with van der Waals surface area (Å²) in [7, 11) is -3.60. The second kappa shape index (κ2) is 7.80. The van der Waals surface area contributed by atoms with Crippen molar-refractivity contribution in [3.63, 3.8) is 0 Å². The molecule has 3 aromatic rings. The molecule has 148 valence electrons. The summed E-state index contributed by atoms with van der Waals surface area (Å²) >= 11 is 0. The van der Waals surface area contributed by atoms with Crippen molar-refractivity contribution in [3.8, 4) is 11.4 Å². The second-order valence-corrected chi connectivity index (χ2v) is 7.65. The van der Waals surface area contributed by atoms with E-state index >= 15 is 0 Å². The predicted octanol–water partition coefficient (Wildman–Crippen LogP) is 1.30. The number of ether oxygens (including phenoxy) is 1. The van der Waals surface area contributed by atoms with E-state index in [1.54, 1.807) is 42.7 Å². The number of hydrogen-bond donors (Lipinski definition) is 1. The number of fused-ring (bicyclic) bond motifs is 1. The number of pyridine rings is 1. The Morgan fingerprint density at radius 3 is 2.90 bits per heavy atom. The van der Waals surface area contributed by atoms with E-state index in [9.17, 15) is 13.2 Å². The molecule has 1 aliphatic heterocycles. The van der Waals surface area contributed by atoms with Crippen molar-refractivity contribution in [3.05, 3.63) is 60.2 Å². The van der Waals surface area contributed by atoms with E-state index in [2.05, 4.69) is 24.8 Å². The van der Waals surface area contributed by atoms with Crippen LogP contribution in [0, 0.1) is 0 Å². The molecule has 0 saturated carbocycles. The summed E-state index contributed by atoms with van der Waals surface area (Å²) < 4.78 is 36.5. The Bertz CT molecular complexity index is 1170. The van der Waals surface area contributed by atoms with Crippen LogP contribution in [0.15, 0.2) is 63.2 Å². The van der Waals surface area contributed by atoms with Gasteiger partial charge in [-0.3, -0.25) is 19.5 Å². The van der Waals surface area contributed by atoms with E-state index in [-0.39, 0.29) is 36.2 Å². The van der Waals surface area contributed by atoms with E-state index in [0.29, 0.717) is 17.0 Å². The molecule has 1 aromatic carbocycles. The molecule has 0 spiro atoms. The Labute approximate surface area is 165 Å². The number of hydrogen-bond acceptors (Lipinski definition) is 9. The number of esters is 1. The largest absolute Gasteiger partial charge is 0.455 e. The predicted molar refractivity (Wildman–Crippen MR) is 100 cm³/mol. The van der Waals surface area contributed by atoms with Gasteiger partial charge in [0, 0.05) is 23.5 Å². The highest BCUT2D eigenvalue weighted by atomic mass is 32.2. The van der Waals surface area contributed by atoms with Gasteiger partial charge in [0.2, 0.25) is 5.82 Å². The van der Waals surface area contributed by atoms with Crippen LogP contribution in [0.1, 0.15) is 17.9 Å². The van der Waals surface area contributed by atoms with Crippen LogP contribution in [0.2, 0.25) is 0 Å². The Morgan fingerprint density at radius 2 is 2.07 bits per heavy atom. The maximum atomic E-state index is 12.0. The van der Waals surface area contributed by atoms with E-state index in [1.165, 1.54) is 6.07 Å². The molecule has 0 bridgehead atoms. The van der Waals surface area contributed by atoms with Crippen molar-refractivity contribution in [2.45, 2.75) is 17.9 Å². The topological polar surface area (TPSA) is 137 Å². The van der Waals surface area contributed by atoms with Gasteiger partial charge in [-0.1, -0.05) is 17.3 Å². The number of carbonyl (C=O) groups is 1. The van der Waals surface area contributed by atoms with Gasteiger partial charge in [-0.2, -0.15) is 4.98 Å². The Morgan fingerprint density at radius 1 is 1.21 bits per heavy atom. The first-order valence-electron chi connectivity index (χ1n) is 8.58. The van der Waals surface area contributed by atoms with E-state index in [0.717, 1.165) is 0 Å². The molecule has 0 fully saturated rings. The van der Waals surface area contributed by atoms with Gasteiger partial charge in [0.05, 0.1) is 17.9 Å². The third-order valence-electron chi connectivity index (χ3n) is 3.99. The molecule has 0 radical (unpaired) electrons. The number of benzene rings is 1. The number of aliphatic imine (C=N–C) groups is 1. The molecule has 1 N–H and O–H groups in total.